The van der Waals surface area contributed by atoms with Gasteiger partial charge in [0.25, 0.3) is 0 Å². The van der Waals surface area contributed by atoms with E-state index in [9.17, 15) is 13.2 Å². The van der Waals surface area contributed by atoms with E-state index in [1.165, 1.54) is 11.3 Å². The van der Waals surface area contributed by atoms with E-state index < -0.39 is 14.8 Å². The maximum absolute atomic E-state index is 12.4. The third-order valence-electron chi connectivity index (χ3n) is 5.49. The average molecular weight is 504 g/mol. The molecule has 4 rings (SSSR count). The number of fused-ring (bicyclic) bond motifs is 1. The number of carbonyl (C=O) groups is 1. The van der Waals surface area contributed by atoms with E-state index in [0.29, 0.717) is 11.7 Å². The minimum absolute atomic E-state index is 0.0293. The molecule has 34 heavy (non-hydrogen) atoms. The molecule has 12 heteroatoms. The van der Waals surface area contributed by atoms with Gasteiger partial charge in [0.1, 0.15) is 0 Å². The summed E-state index contributed by atoms with van der Waals surface area (Å²) in [4.78, 5) is 27.4. The lowest BCUT2D eigenvalue weighted by molar-refractivity contribution is 0.252. The van der Waals surface area contributed by atoms with E-state index >= 15 is 0 Å². The second-order valence-corrected chi connectivity index (χ2v) is 12.5. The molecule has 0 radical (unpaired) electrons. The predicted molar refractivity (Wildman–Crippen MR) is 137 cm³/mol. The number of aromatic nitrogens is 3. The summed E-state index contributed by atoms with van der Waals surface area (Å²) in [6, 6.07) is 3.73. The number of nitrogens with zero attached hydrogens (tertiary/aromatic N) is 4. The molecule has 3 aromatic rings. The molecular weight excluding hydrogens is 474 g/mol. The van der Waals surface area contributed by atoms with E-state index in [1.807, 2.05) is 13.0 Å². The Bertz CT molecular complexity index is 1290. The Morgan fingerprint density at radius 3 is 2.41 bits per heavy atom. The highest BCUT2D eigenvalue weighted by molar-refractivity contribution is 7.94. The average Bonchev–Trinajstić information content (AvgIpc) is 3.42. The fourth-order valence-corrected chi connectivity index (χ4v) is 5.17. The molecule has 1 aliphatic rings. The normalized spacial score (nSPS) is 14.4. The summed E-state index contributed by atoms with van der Waals surface area (Å²) in [6.45, 7) is 9.14. The second kappa shape index (κ2) is 9.34. The van der Waals surface area contributed by atoms with E-state index in [2.05, 4.69) is 41.3 Å². The van der Waals surface area contributed by atoms with Gasteiger partial charge in [-0.25, -0.2) is 28.2 Å². The second-order valence-electron chi connectivity index (χ2n) is 9.05. The quantitative estimate of drug-likeness (QED) is 0.463. The van der Waals surface area contributed by atoms with Crippen LogP contribution in [0.3, 0.4) is 0 Å². The molecule has 0 unspecified atom stereocenters. The summed E-state index contributed by atoms with van der Waals surface area (Å²) < 4.78 is 27.3. The van der Waals surface area contributed by atoms with Crippen molar-refractivity contribution in [2.24, 2.45) is 0 Å². The summed E-state index contributed by atoms with van der Waals surface area (Å²) in [5.74, 6) is 0.0293. The Balaban J connectivity index is 1.69. The number of amides is 2. The predicted octanol–water partition coefficient (Wildman–Crippen LogP) is 4.04. The minimum atomic E-state index is -3.62. The zero-order chi connectivity index (χ0) is 24.5. The van der Waals surface area contributed by atoms with E-state index in [0.717, 1.165) is 53.0 Å². The lowest BCUT2D eigenvalue weighted by Gasteiger charge is -2.20. The Morgan fingerprint density at radius 2 is 1.79 bits per heavy atom. The van der Waals surface area contributed by atoms with Crippen molar-refractivity contribution in [2.75, 3.05) is 34.6 Å². The first kappa shape index (κ1) is 24.1. The van der Waals surface area contributed by atoms with Crippen LogP contribution < -0.4 is 20.3 Å². The van der Waals surface area contributed by atoms with E-state index in [-0.39, 0.29) is 12.0 Å². The highest BCUT2D eigenvalue weighted by Gasteiger charge is 2.29. The largest absolute Gasteiger partial charge is 0.370 e. The molecule has 1 saturated heterocycles. The third-order valence-corrected chi connectivity index (χ3v) is 8.56. The highest BCUT2D eigenvalue weighted by atomic mass is 32.2. The maximum atomic E-state index is 12.4. The standard InChI is InChI=1S/C22H29N7O3S2/c1-5-23-20(30)27-21-26-16-10-14(11-17(18(16)33-21)29-8-6-7-9-29)15-12-24-19(25-13-15)28-34(31,32)22(2,3)4/h10-13H,5-9H2,1-4H3,(H,24,25,28)(H2,23,26,27,30). The van der Waals surface area contributed by atoms with Gasteiger partial charge in [0, 0.05) is 37.6 Å². The Kier molecular flexibility index (Phi) is 6.63. The Hall–Kier alpha value is -2.99. The molecule has 0 spiro atoms. The molecule has 3 heterocycles. The summed E-state index contributed by atoms with van der Waals surface area (Å²) in [6.07, 6.45) is 5.45. The number of hydrogen-bond acceptors (Lipinski definition) is 8. The number of thiazole rings is 1. The molecule has 2 aromatic heterocycles. The first-order chi connectivity index (χ1) is 16.1. The smallest absolute Gasteiger partial charge is 0.321 e. The monoisotopic (exact) mass is 503 g/mol. The van der Waals surface area contributed by atoms with Crippen LogP contribution in [0.2, 0.25) is 0 Å². The van der Waals surface area contributed by atoms with E-state index in [1.54, 1.807) is 33.2 Å². The zero-order valence-corrected chi connectivity index (χ0v) is 21.3. The van der Waals surface area contributed by atoms with Gasteiger partial charge in [0.2, 0.25) is 16.0 Å². The van der Waals surface area contributed by atoms with Crippen LogP contribution in [0.4, 0.5) is 21.6 Å². The van der Waals surface area contributed by atoms with Crippen LogP contribution in [0.25, 0.3) is 21.3 Å². The lowest BCUT2D eigenvalue weighted by Crippen LogP contribution is -2.34. The van der Waals surface area contributed by atoms with Crippen LogP contribution in [0.15, 0.2) is 24.5 Å². The minimum Gasteiger partial charge on any atom is -0.370 e. The van der Waals surface area contributed by atoms with Gasteiger partial charge < -0.3 is 10.2 Å². The number of carbonyl (C=O) groups excluding carboxylic acids is 1. The van der Waals surface area contributed by atoms with Gasteiger partial charge in [-0.2, -0.15) is 0 Å². The molecule has 1 aliphatic heterocycles. The van der Waals surface area contributed by atoms with Crippen molar-refractivity contribution in [1.82, 2.24) is 20.3 Å². The number of sulfonamides is 1. The Morgan fingerprint density at radius 1 is 1.12 bits per heavy atom. The van der Waals surface area contributed by atoms with Crippen molar-refractivity contribution in [3.05, 3.63) is 24.5 Å². The van der Waals surface area contributed by atoms with Crippen LogP contribution >= 0.6 is 11.3 Å². The van der Waals surface area contributed by atoms with Crippen LogP contribution in [0.1, 0.15) is 40.5 Å². The summed E-state index contributed by atoms with van der Waals surface area (Å²) in [5.41, 5.74) is 3.44. The molecule has 3 N–H and O–H groups in total. The number of anilines is 3. The van der Waals surface area contributed by atoms with Crippen molar-refractivity contribution in [3.63, 3.8) is 0 Å². The molecule has 2 amide bonds. The third kappa shape index (κ3) is 5.07. The first-order valence-corrected chi connectivity index (χ1v) is 13.5. The number of nitrogens with one attached hydrogen (secondary N) is 3. The topological polar surface area (TPSA) is 129 Å². The SMILES string of the molecule is CCNC(=O)Nc1nc2cc(-c3cnc(NS(=O)(=O)C(C)(C)C)nc3)cc(N3CCCC3)c2s1. The molecule has 182 valence electrons. The zero-order valence-electron chi connectivity index (χ0n) is 19.7. The van der Waals surface area contributed by atoms with Crippen LogP contribution in [0, 0.1) is 0 Å². The number of hydrogen-bond donors (Lipinski definition) is 3. The molecule has 1 fully saturated rings. The fourth-order valence-electron chi connectivity index (χ4n) is 3.53. The van der Waals surface area contributed by atoms with Gasteiger partial charge in [0.05, 0.1) is 20.7 Å². The summed E-state index contributed by atoms with van der Waals surface area (Å²) in [7, 11) is -3.62. The summed E-state index contributed by atoms with van der Waals surface area (Å²) >= 11 is 1.45. The van der Waals surface area contributed by atoms with Crippen molar-refractivity contribution in [2.45, 2.75) is 45.3 Å². The number of rotatable bonds is 6. The van der Waals surface area contributed by atoms with Gasteiger partial charge in [-0.1, -0.05) is 11.3 Å². The molecular formula is C22H29N7O3S2. The first-order valence-electron chi connectivity index (χ1n) is 11.2. The van der Waals surface area contributed by atoms with Crippen molar-refractivity contribution in [3.8, 4) is 11.1 Å². The molecule has 0 atom stereocenters. The maximum Gasteiger partial charge on any atom is 0.321 e. The Labute approximate surface area is 203 Å². The molecule has 0 saturated carbocycles. The van der Waals surface area contributed by atoms with Crippen LogP contribution in [-0.4, -0.2) is 53.8 Å². The lowest BCUT2D eigenvalue weighted by atomic mass is 10.1. The molecule has 0 aliphatic carbocycles. The fraction of sp³-hybridized carbons (Fsp3) is 0.455. The van der Waals surface area contributed by atoms with Gasteiger partial charge in [-0.05, 0) is 58.2 Å². The van der Waals surface area contributed by atoms with Crippen molar-refractivity contribution >= 4 is 54.4 Å². The number of urea groups is 1. The van der Waals surface area contributed by atoms with Crippen molar-refractivity contribution < 1.29 is 13.2 Å². The van der Waals surface area contributed by atoms with Crippen molar-refractivity contribution in [1.29, 1.82) is 0 Å². The van der Waals surface area contributed by atoms with Crippen LogP contribution in [0.5, 0.6) is 0 Å². The number of benzene rings is 1. The van der Waals surface area contributed by atoms with Gasteiger partial charge in [0.15, 0.2) is 5.13 Å². The molecule has 1 aromatic carbocycles. The van der Waals surface area contributed by atoms with Gasteiger partial charge in [-0.3, -0.25) is 10.0 Å². The highest BCUT2D eigenvalue weighted by Crippen LogP contribution is 2.39. The molecule has 0 bridgehead atoms. The van der Waals surface area contributed by atoms with Gasteiger partial charge in [-0.15, -0.1) is 0 Å². The summed E-state index contributed by atoms with van der Waals surface area (Å²) in [5, 5.41) is 6.05. The van der Waals surface area contributed by atoms with Gasteiger partial charge >= 0.3 is 6.03 Å². The van der Waals surface area contributed by atoms with E-state index in [4.69, 9.17) is 0 Å². The molecule has 10 nitrogen and oxygen atoms in total. The van der Waals surface area contributed by atoms with Crippen LogP contribution in [-0.2, 0) is 10.0 Å².